The fraction of sp³-hybridized carbons (Fsp3) is 0.410. The van der Waals surface area contributed by atoms with Crippen LogP contribution in [0.25, 0.3) is 10.4 Å². The minimum atomic E-state index is -1.67. The van der Waals surface area contributed by atoms with Crippen LogP contribution < -0.4 is 26.0 Å². The Morgan fingerprint density at radius 1 is 0.758 bits per heavy atom. The molecular formula is C39H45N7O16. The monoisotopic (exact) mass is 867 g/mol. The first kappa shape index (κ1) is 50.6. The van der Waals surface area contributed by atoms with Crippen LogP contribution in [0.15, 0.2) is 47.6 Å². The van der Waals surface area contributed by atoms with Gasteiger partial charge >= 0.3 is 23.9 Å². The Kier molecular flexibility index (Phi) is 22.3. The predicted molar refractivity (Wildman–Crippen MR) is 212 cm³/mol. The van der Waals surface area contributed by atoms with Crippen LogP contribution in [0.5, 0.6) is 5.75 Å². The van der Waals surface area contributed by atoms with Crippen molar-refractivity contribution in [1.82, 2.24) is 21.3 Å². The van der Waals surface area contributed by atoms with Crippen molar-refractivity contribution < 1.29 is 77.8 Å². The minimum absolute atomic E-state index is 0.00638. The van der Waals surface area contributed by atoms with Crippen molar-refractivity contribution >= 4 is 53.3 Å². The Balaban J connectivity index is 2.08. The largest absolute Gasteiger partial charge is 0.491 e. The van der Waals surface area contributed by atoms with E-state index in [1.807, 2.05) is 0 Å². The second-order valence-electron chi connectivity index (χ2n) is 12.8. The molecule has 62 heavy (non-hydrogen) atoms. The maximum atomic E-state index is 13.3. The summed E-state index contributed by atoms with van der Waals surface area (Å²) in [4.78, 5) is 112. The van der Waals surface area contributed by atoms with Gasteiger partial charge in [0, 0.05) is 53.0 Å². The maximum Gasteiger partial charge on any atom is 0.326 e. The first-order chi connectivity index (χ1) is 29.5. The number of amides is 4. The van der Waals surface area contributed by atoms with Gasteiger partial charge in [-0.05, 0) is 68.1 Å². The molecule has 0 fully saturated rings. The maximum absolute atomic E-state index is 13.3. The number of carboxylic acids is 4. The SMILES string of the molecule is CC#CCNC(=O)COCCOC(COc1cccc(C(=O)NCCCC(=O)c2cc(C(=O)N[C@@H](CCC(=O)O)C(=O)O)cc(C(=O)N[C@@H](CCC(=O)O)C(=O)O)c2)c1)N=[N+]=[N-]. The zero-order valence-corrected chi connectivity index (χ0v) is 33.3. The lowest BCUT2D eigenvalue weighted by atomic mass is 9.98. The number of carbonyl (C=O) groups is 9. The standard InChI is InChI=1S/C39H45N7O16/c1-2-3-13-41-31(48)21-60-15-16-61-32(45-46-40)22-62-27-7-4-6-23(20-27)35(53)42-14-5-8-30(47)24-17-25(36(54)43-28(38(56)57)9-11-33(49)50)19-26(18-24)37(55)44-29(39(58)59)10-12-34(51)52/h4,6-7,17-20,28-29,32H,5,8-16,21-22H2,1H3,(H,41,48)(H,42,53)(H,43,54)(H,44,55)(H,49,50)(H,51,52)(H,56,57)(H,58,59)/t28-,29-,32?/m0/s1. The number of hydrogen-bond acceptors (Lipinski definition) is 13. The Hall–Kier alpha value is -7.54. The van der Waals surface area contributed by atoms with Crippen molar-refractivity contribution in [2.75, 3.05) is 39.5 Å². The van der Waals surface area contributed by atoms with E-state index in [9.17, 15) is 53.4 Å². The van der Waals surface area contributed by atoms with Crippen LogP contribution in [-0.2, 0) is 33.4 Å². The van der Waals surface area contributed by atoms with Gasteiger partial charge in [-0.25, -0.2) is 9.59 Å². The smallest absolute Gasteiger partial charge is 0.326 e. The number of nitrogens with zero attached hydrogens (tertiary/aromatic N) is 3. The van der Waals surface area contributed by atoms with Gasteiger partial charge in [-0.15, -0.1) is 5.92 Å². The van der Waals surface area contributed by atoms with Gasteiger partial charge in [-0.3, -0.25) is 33.6 Å². The molecule has 0 radical (unpaired) electrons. The molecule has 0 aromatic heterocycles. The third-order valence-corrected chi connectivity index (χ3v) is 8.14. The fourth-order valence-electron chi connectivity index (χ4n) is 5.04. The average molecular weight is 868 g/mol. The highest BCUT2D eigenvalue weighted by atomic mass is 16.6. The number of hydrogen-bond donors (Lipinski definition) is 8. The molecule has 2 rings (SSSR count). The molecule has 23 heteroatoms. The molecule has 0 heterocycles. The summed E-state index contributed by atoms with van der Waals surface area (Å²) < 4.78 is 16.3. The highest BCUT2D eigenvalue weighted by Crippen LogP contribution is 2.17. The van der Waals surface area contributed by atoms with Gasteiger partial charge in [0.2, 0.25) is 5.91 Å². The van der Waals surface area contributed by atoms with E-state index in [4.69, 9.17) is 30.0 Å². The number of ketones is 1. The second-order valence-corrected chi connectivity index (χ2v) is 12.8. The van der Waals surface area contributed by atoms with Crippen LogP contribution in [0.2, 0.25) is 0 Å². The van der Waals surface area contributed by atoms with Crippen molar-refractivity contribution in [3.05, 3.63) is 75.2 Å². The number of ether oxygens (including phenoxy) is 3. The first-order valence-electron chi connectivity index (χ1n) is 18.6. The molecule has 0 saturated carbocycles. The van der Waals surface area contributed by atoms with Gasteiger partial charge in [0.15, 0.2) is 12.0 Å². The van der Waals surface area contributed by atoms with Gasteiger partial charge in [0.25, 0.3) is 17.7 Å². The van der Waals surface area contributed by atoms with Crippen LogP contribution in [0.3, 0.4) is 0 Å². The quantitative estimate of drug-likeness (QED) is 0.0143. The summed E-state index contributed by atoms with van der Waals surface area (Å²) in [7, 11) is 0. The van der Waals surface area contributed by atoms with Gasteiger partial charge in [-0.1, -0.05) is 17.1 Å². The molecule has 23 nitrogen and oxygen atoms in total. The van der Waals surface area contributed by atoms with Gasteiger partial charge in [-0.2, -0.15) is 0 Å². The molecule has 0 spiro atoms. The molecule has 0 bridgehead atoms. The molecule has 2 aromatic rings. The van der Waals surface area contributed by atoms with Crippen LogP contribution in [0, 0.1) is 11.8 Å². The summed E-state index contributed by atoms with van der Waals surface area (Å²) in [5.41, 5.74) is 8.02. The lowest BCUT2D eigenvalue weighted by Gasteiger charge is -2.16. The van der Waals surface area contributed by atoms with Crippen molar-refractivity contribution in [2.24, 2.45) is 5.11 Å². The molecule has 0 aliphatic carbocycles. The third kappa shape index (κ3) is 19.5. The molecule has 8 N–H and O–H groups in total. The number of azide groups is 1. The van der Waals surface area contributed by atoms with Gasteiger partial charge in [0.05, 0.1) is 19.8 Å². The first-order valence-corrected chi connectivity index (χ1v) is 18.6. The summed E-state index contributed by atoms with van der Waals surface area (Å²) >= 11 is 0. The van der Waals surface area contributed by atoms with Crippen molar-refractivity contribution in [3.63, 3.8) is 0 Å². The normalized spacial score (nSPS) is 11.8. The van der Waals surface area contributed by atoms with Crippen molar-refractivity contribution in [2.45, 2.75) is 63.8 Å². The van der Waals surface area contributed by atoms with Crippen LogP contribution in [-0.4, -0.2) is 132 Å². The number of nitrogens with one attached hydrogen (secondary N) is 4. The summed E-state index contributed by atoms with van der Waals surface area (Å²) in [5.74, 6) is -4.03. The Bertz CT molecular complexity index is 2010. The van der Waals surface area contributed by atoms with E-state index in [1.165, 1.54) is 24.3 Å². The van der Waals surface area contributed by atoms with E-state index < -0.39 is 103 Å². The fourth-order valence-corrected chi connectivity index (χ4v) is 5.04. The highest BCUT2D eigenvalue weighted by molar-refractivity contribution is 6.06. The molecule has 4 amide bonds. The number of carbonyl (C=O) groups excluding carboxylic acids is 5. The van der Waals surface area contributed by atoms with Gasteiger partial charge in [0.1, 0.15) is 31.0 Å². The molecule has 1 unspecified atom stereocenters. The predicted octanol–water partition coefficient (Wildman–Crippen LogP) is 1.36. The van der Waals surface area contributed by atoms with E-state index in [1.54, 1.807) is 6.92 Å². The number of carboxylic acid groups (broad SMARTS) is 4. The third-order valence-electron chi connectivity index (χ3n) is 8.14. The molecule has 0 saturated heterocycles. The van der Waals surface area contributed by atoms with E-state index in [0.29, 0.717) is 0 Å². The number of benzene rings is 2. The zero-order chi connectivity index (χ0) is 46.0. The summed E-state index contributed by atoms with van der Waals surface area (Å²) in [5, 5.41) is 49.8. The molecule has 2 aromatic carbocycles. The highest BCUT2D eigenvalue weighted by Gasteiger charge is 2.26. The van der Waals surface area contributed by atoms with Crippen LogP contribution in [0.4, 0.5) is 0 Å². The molecule has 3 atom stereocenters. The molecule has 0 aliphatic heterocycles. The second kappa shape index (κ2) is 27.3. The Morgan fingerprint density at radius 2 is 1.35 bits per heavy atom. The average Bonchev–Trinajstić information content (AvgIpc) is 3.23. The van der Waals surface area contributed by atoms with E-state index >= 15 is 0 Å². The van der Waals surface area contributed by atoms with E-state index in [0.717, 1.165) is 18.2 Å². The van der Waals surface area contributed by atoms with Crippen LogP contribution >= 0.6 is 0 Å². The Morgan fingerprint density at radius 3 is 1.90 bits per heavy atom. The van der Waals surface area contributed by atoms with E-state index in [-0.39, 0.29) is 75.1 Å². The number of Topliss-reactive ketones (excluding diaryl/α,β-unsaturated/α-hetero) is 1. The molecule has 332 valence electrons. The van der Waals surface area contributed by atoms with Crippen LogP contribution in [0.1, 0.15) is 86.9 Å². The van der Waals surface area contributed by atoms with Crippen molar-refractivity contribution in [1.29, 1.82) is 0 Å². The van der Waals surface area contributed by atoms with Gasteiger partial charge < -0.3 is 55.9 Å². The zero-order valence-electron chi connectivity index (χ0n) is 33.3. The summed E-state index contributed by atoms with van der Waals surface area (Å²) in [6.45, 7) is 1.28. The minimum Gasteiger partial charge on any atom is -0.491 e. The molecular weight excluding hydrogens is 822 g/mol. The number of aliphatic carboxylic acids is 4. The topological polar surface area (TPSA) is 359 Å². The lowest BCUT2D eigenvalue weighted by Crippen LogP contribution is -2.42. The van der Waals surface area contributed by atoms with E-state index in [2.05, 4.69) is 43.1 Å². The summed E-state index contributed by atoms with van der Waals surface area (Å²) in [6, 6.07) is 5.64. The summed E-state index contributed by atoms with van der Waals surface area (Å²) in [6.07, 6.45) is -3.52. The van der Waals surface area contributed by atoms with Crippen molar-refractivity contribution in [3.8, 4) is 17.6 Å². The number of rotatable bonds is 29. The Labute approximate surface area is 353 Å². The molecule has 0 aliphatic rings. The lowest BCUT2D eigenvalue weighted by molar-refractivity contribution is -0.142.